The molecule has 5 nitrogen and oxygen atoms in total. The zero-order chi connectivity index (χ0) is 11.5. The van der Waals surface area contributed by atoms with Crippen molar-refractivity contribution in [3.63, 3.8) is 0 Å². The van der Waals surface area contributed by atoms with Gasteiger partial charge >= 0.3 is 0 Å². The first-order valence-electron chi connectivity index (χ1n) is 4.52. The summed E-state index contributed by atoms with van der Waals surface area (Å²) in [4.78, 5) is 3.80. The highest BCUT2D eigenvalue weighted by Gasteiger charge is 2.03. The average molecular weight is 234 g/mol. The summed E-state index contributed by atoms with van der Waals surface area (Å²) in [7, 11) is 0. The van der Waals surface area contributed by atoms with Gasteiger partial charge in [-0.25, -0.2) is 9.67 Å². The molecule has 0 aliphatic rings. The summed E-state index contributed by atoms with van der Waals surface area (Å²) >= 11 is 5.79. The normalized spacial score (nSPS) is 10.0. The molecule has 6 heteroatoms. The van der Waals surface area contributed by atoms with Gasteiger partial charge in [0, 0.05) is 10.7 Å². The summed E-state index contributed by atoms with van der Waals surface area (Å²) in [5.41, 5.74) is 7.28. The highest BCUT2D eigenvalue weighted by Crippen LogP contribution is 2.18. The minimum absolute atomic E-state index is 0.146. The summed E-state index contributed by atoms with van der Waals surface area (Å²) in [6.45, 7) is 0.470. The van der Waals surface area contributed by atoms with Crippen molar-refractivity contribution >= 4 is 17.3 Å². The van der Waals surface area contributed by atoms with Gasteiger partial charge in [-0.15, -0.1) is 5.10 Å². The number of rotatable bonds is 2. The second-order valence-corrected chi connectivity index (χ2v) is 3.66. The molecule has 0 unspecified atom stereocenters. The van der Waals surface area contributed by atoms with Gasteiger partial charge in [-0.2, -0.15) is 5.26 Å². The van der Waals surface area contributed by atoms with Crippen LogP contribution < -0.4 is 5.73 Å². The van der Waals surface area contributed by atoms with Crippen molar-refractivity contribution in [2.24, 2.45) is 0 Å². The van der Waals surface area contributed by atoms with Crippen LogP contribution >= 0.6 is 11.6 Å². The first-order valence-corrected chi connectivity index (χ1v) is 4.90. The molecule has 0 fully saturated rings. The number of benzene rings is 1. The monoisotopic (exact) mass is 233 g/mol. The van der Waals surface area contributed by atoms with Crippen LogP contribution in [0.4, 0.5) is 5.69 Å². The van der Waals surface area contributed by atoms with Gasteiger partial charge in [0.05, 0.1) is 6.54 Å². The molecule has 80 valence electrons. The van der Waals surface area contributed by atoms with E-state index in [0.717, 1.165) is 5.56 Å². The van der Waals surface area contributed by atoms with E-state index >= 15 is 0 Å². The lowest BCUT2D eigenvalue weighted by atomic mass is 10.2. The number of aromatic nitrogens is 3. The SMILES string of the molecule is N#Cc1ncn(Cc2ccc(Cl)cc2N)n1. The van der Waals surface area contributed by atoms with Gasteiger partial charge in [-0.1, -0.05) is 17.7 Å². The van der Waals surface area contributed by atoms with Gasteiger partial charge < -0.3 is 5.73 Å². The van der Waals surface area contributed by atoms with Gasteiger partial charge in [0.15, 0.2) is 0 Å². The average Bonchev–Trinajstić information content (AvgIpc) is 2.70. The van der Waals surface area contributed by atoms with Crippen LogP contribution in [0.5, 0.6) is 0 Å². The second-order valence-electron chi connectivity index (χ2n) is 3.22. The van der Waals surface area contributed by atoms with Crippen LogP contribution in [0.25, 0.3) is 0 Å². The molecule has 0 atom stereocenters. The predicted octanol–water partition coefficient (Wildman–Crippen LogP) is 1.43. The largest absolute Gasteiger partial charge is 0.398 e. The Morgan fingerprint density at radius 1 is 1.50 bits per heavy atom. The molecule has 1 aromatic carbocycles. The maximum Gasteiger partial charge on any atom is 0.252 e. The zero-order valence-corrected chi connectivity index (χ0v) is 9.02. The molecule has 0 saturated carbocycles. The lowest BCUT2D eigenvalue weighted by Gasteiger charge is -2.05. The third-order valence-electron chi connectivity index (χ3n) is 2.08. The molecular formula is C10H8ClN5. The fourth-order valence-corrected chi connectivity index (χ4v) is 1.49. The fraction of sp³-hybridized carbons (Fsp3) is 0.100. The molecule has 0 amide bonds. The fourth-order valence-electron chi connectivity index (χ4n) is 1.31. The Morgan fingerprint density at radius 3 is 2.94 bits per heavy atom. The smallest absolute Gasteiger partial charge is 0.252 e. The minimum atomic E-state index is 0.146. The number of nitriles is 1. The third-order valence-corrected chi connectivity index (χ3v) is 2.31. The van der Waals surface area contributed by atoms with E-state index in [4.69, 9.17) is 22.6 Å². The van der Waals surface area contributed by atoms with E-state index in [-0.39, 0.29) is 5.82 Å². The summed E-state index contributed by atoms with van der Waals surface area (Å²) in [5.74, 6) is 0.146. The number of nitrogens with zero attached hydrogens (tertiary/aromatic N) is 4. The summed E-state index contributed by atoms with van der Waals surface area (Å²) in [5, 5.41) is 13.1. The summed E-state index contributed by atoms with van der Waals surface area (Å²) in [6.07, 6.45) is 1.49. The molecule has 1 aromatic heterocycles. The van der Waals surface area contributed by atoms with Crippen LogP contribution in [-0.4, -0.2) is 14.8 Å². The van der Waals surface area contributed by atoms with Crippen molar-refractivity contribution in [3.8, 4) is 6.07 Å². The molecule has 0 spiro atoms. The number of halogens is 1. The van der Waals surface area contributed by atoms with Crippen LogP contribution in [-0.2, 0) is 6.54 Å². The van der Waals surface area contributed by atoms with E-state index in [9.17, 15) is 0 Å². The molecule has 0 radical (unpaired) electrons. The van der Waals surface area contributed by atoms with Gasteiger partial charge in [-0.05, 0) is 17.7 Å². The molecule has 16 heavy (non-hydrogen) atoms. The maximum absolute atomic E-state index is 8.58. The van der Waals surface area contributed by atoms with Gasteiger partial charge in [0.25, 0.3) is 5.82 Å². The topological polar surface area (TPSA) is 80.5 Å². The summed E-state index contributed by atoms with van der Waals surface area (Å²) < 4.78 is 1.55. The number of hydrogen-bond donors (Lipinski definition) is 1. The van der Waals surface area contributed by atoms with Crippen LogP contribution in [0.2, 0.25) is 5.02 Å². The van der Waals surface area contributed by atoms with Crippen molar-refractivity contribution in [3.05, 3.63) is 40.9 Å². The number of nitrogen functional groups attached to an aromatic ring is 1. The third kappa shape index (κ3) is 2.12. The zero-order valence-electron chi connectivity index (χ0n) is 8.26. The molecule has 1 heterocycles. The van der Waals surface area contributed by atoms with Gasteiger partial charge in [0.1, 0.15) is 12.4 Å². The van der Waals surface area contributed by atoms with Gasteiger partial charge in [-0.3, -0.25) is 0 Å². The number of nitrogens with two attached hydrogens (primary N) is 1. The Labute approximate surface area is 97.1 Å². The van der Waals surface area contributed by atoms with Crippen molar-refractivity contribution in [1.82, 2.24) is 14.8 Å². The molecule has 2 N–H and O–H groups in total. The summed E-state index contributed by atoms with van der Waals surface area (Å²) in [6, 6.07) is 7.13. The second kappa shape index (κ2) is 4.21. The van der Waals surface area contributed by atoms with Crippen LogP contribution in [0.3, 0.4) is 0 Å². The molecule has 0 bridgehead atoms. The number of anilines is 1. The minimum Gasteiger partial charge on any atom is -0.398 e. The Kier molecular flexibility index (Phi) is 2.75. The maximum atomic E-state index is 8.58. The standard InChI is InChI=1S/C10H8ClN5/c11-8-2-1-7(9(13)3-8)5-16-6-14-10(4-12)15-16/h1-3,6H,5,13H2. The molecule has 0 saturated heterocycles. The Balaban J connectivity index is 2.24. The Bertz CT molecular complexity index is 555. The van der Waals surface area contributed by atoms with E-state index in [0.29, 0.717) is 17.3 Å². The molecule has 0 aliphatic carbocycles. The molecule has 0 aliphatic heterocycles. The van der Waals surface area contributed by atoms with Crippen LogP contribution in [0, 0.1) is 11.3 Å². The predicted molar refractivity (Wildman–Crippen MR) is 59.7 cm³/mol. The Hall–Kier alpha value is -2.06. The van der Waals surface area contributed by atoms with Crippen molar-refractivity contribution < 1.29 is 0 Å². The molecule has 2 aromatic rings. The van der Waals surface area contributed by atoms with E-state index < -0.39 is 0 Å². The van der Waals surface area contributed by atoms with Crippen molar-refractivity contribution in [1.29, 1.82) is 5.26 Å². The molecule has 2 rings (SSSR count). The lowest BCUT2D eigenvalue weighted by Crippen LogP contribution is -2.03. The lowest BCUT2D eigenvalue weighted by molar-refractivity contribution is 0.683. The quantitative estimate of drug-likeness (QED) is 0.796. The van der Waals surface area contributed by atoms with E-state index in [1.807, 2.05) is 12.1 Å². The van der Waals surface area contributed by atoms with Crippen molar-refractivity contribution in [2.75, 3.05) is 5.73 Å². The van der Waals surface area contributed by atoms with Crippen molar-refractivity contribution in [2.45, 2.75) is 6.54 Å². The van der Waals surface area contributed by atoms with Crippen LogP contribution in [0.15, 0.2) is 24.5 Å². The first-order chi connectivity index (χ1) is 7.69. The van der Waals surface area contributed by atoms with E-state index in [1.165, 1.54) is 6.33 Å². The first kappa shape index (κ1) is 10.5. The Morgan fingerprint density at radius 2 is 2.31 bits per heavy atom. The molecular weight excluding hydrogens is 226 g/mol. The highest BCUT2D eigenvalue weighted by atomic mass is 35.5. The van der Waals surface area contributed by atoms with E-state index in [2.05, 4.69) is 10.1 Å². The van der Waals surface area contributed by atoms with Gasteiger partial charge in [0.2, 0.25) is 0 Å². The van der Waals surface area contributed by atoms with Crippen LogP contribution in [0.1, 0.15) is 11.4 Å². The van der Waals surface area contributed by atoms with E-state index in [1.54, 1.807) is 16.8 Å². The highest BCUT2D eigenvalue weighted by molar-refractivity contribution is 6.30. The number of hydrogen-bond acceptors (Lipinski definition) is 4.